The monoisotopic (exact) mass is 246 g/mol. The SMILES string of the molecule is Cc1cc(COc2ccc([C@H](C)N)cc2C)no1. The van der Waals surface area contributed by atoms with Gasteiger partial charge in [-0.25, -0.2) is 0 Å². The summed E-state index contributed by atoms with van der Waals surface area (Å²) < 4.78 is 10.7. The Balaban J connectivity index is 2.05. The Morgan fingerprint density at radius 1 is 1.33 bits per heavy atom. The van der Waals surface area contributed by atoms with E-state index in [2.05, 4.69) is 5.16 Å². The summed E-state index contributed by atoms with van der Waals surface area (Å²) in [5.74, 6) is 1.64. The van der Waals surface area contributed by atoms with E-state index in [0.717, 1.165) is 28.3 Å². The van der Waals surface area contributed by atoms with E-state index in [9.17, 15) is 0 Å². The molecule has 0 saturated carbocycles. The first-order valence-electron chi connectivity index (χ1n) is 5.97. The Morgan fingerprint density at radius 2 is 2.11 bits per heavy atom. The molecule has 0 unspecified atom stereocenters. The quantitative estimate of drug-likeness (QED) is 0.901. The van der Waals surface area contributed by atoms with E-state index in [4.69, 9.17) is 15.0 Å². The molecule has 1 heterocycles. The predicted octanol–water partition coefficient (Wildman–Crippen LogP) is 2.89. The molecular weight excluding hydrogens is 228 g/mol. The van der Waals surface area contributed by atoms with Crippen LogP contribution in [0.1, 0.15) is 35.5 Å². The zero-order valence-electron chi connectivity index (χ0n) is 10.9. The van der Waals surface area contributed by atoms with Gasteiger partial charge in [-0.2, -0.15) is 0 Å². The number of ether oxygens (including phenoxy) is 1. The minimum absolute atomic E-state index is 0.0379. The van der Waals surface area contributed by atoms with Gasteiger partial charge in [-0.05, 0) is 38.0 Å². The second-order valence-electron chi connectivity index (χ2n) is 4.53. The second kappa shape index (κ2) is 5.23. The molecule has 96 valence electrons. The largest absolute Gasteiger partial charge is 0.487 e. The summed E-state index contributed by atoms with van der Waals surface area (Å²) in [7, 11) is 0. The van der Waals surface area contributed by atoms with Gasteiger partial charge >= 0.3 is 0 Å². The van der Waals surface area contributed by atoms with Gasteiger partial charge in [0, 0.05) is 12.1 Å². The first-order valence-corrected chi connectivity index (χ1v) is 5.97. The molecule has 0 radical (unpaired) electrons. The van der Waals surface area contributed by atoms with E-state index in [1.165, 1.54) is 0 Å². The molecule has 0 bridgehead atoms. The lowest BCUT2D eigenvalue weighted by atomic mass is 10.1. The molecule has 4 nitrogen and oxygen atoms in total. The van der Waals surface area contributed by atoms with E-state index >= 15 is 0 Å². The van der Waals surface area contributed by atoms with Crippen molar-refractivity contribution in [3.05, 3.63) is 46.8 Å². The summed E-state index contributed by atoms with van der Waals surface area (Å²) in [6.45, 7) is 6.25. The Labute approximate surface area is 107 Å². The average Bonchev–Trinajstić information content (AvgIpc) is 2.73. The number of nitrogens with two attached hydrogens (primary N) is 1. The van der Waals surface area contributed by atoms with Crippen LogP contribution < -0.4 is 10.5 Å². The molecule has 1 aromatic heterocycles. The number of benzene rings is 1. The third kappa shape index (κ3) is 2.90. The van der Waals surface area contributed by atoms with Crippen LogP contribution >= 0.6 is 0 Å². The van der Waals surface area contributed by atoms with Crippen molar-refractivity contribution in [1.82, 2.24) is 5.16 Å². The Kier molecular flexibility index (Phi) is 3.67. The number of rotatable bonds is 4. The van der Waals surface area contributed by atoms with E-state index in [1.54, 1.807) is 0 Å². The lowest BCUT2D eigenvalue weighted by Crippen LogP contribution is -2.05. The van der Waals surface area contributed by atoms with Crippen molar-refractivity contribution >= 4 is 0 Å². The average molecular weight is 246 g/mol. The first-order chi connectivity index (χ1) is 8.56. The zero-order valence-corrected chi connectivity index (χ0v) is 10.9. The minimum Gasteiger partial charge on any atom is -0.487 e. The minimum atomic E-state index is 0.0379. The van der Waals surface area contributed by atoms with Gasteiger partial charge in [0.05, 0.1) is 0 Å². The topological polar surface area (TPSA) is 61.3 Å². The molecule has 1 aromatic carbocycles. The van der Waals surface area contributed by atoms with Gasteiger partial charge in [0.15, 0.2) is 0 Å². The number of nitrogens with zero attached hydrogens (tertiary/aromatic N) is 1. The van der Waals surface area contributed by atoms with Crippen LogP contribution in [0.25, 0.3) is 0 Å². The molecule has 0 aliphatic carbocycles. The molecule has 18 heavy (non-hydrogen) atoms. The van der Waals surface area contributed by atoms with Crippen LogP contribution in [0.5, 0.6) is 5.75 Å². The highest BCUT2D eigenvalue weighted by Gasteiger charge is 2.06. The van der Waals surface area contributed by atoms with Crippen molar-refractivity contribution in [3.63, 3.8) is 0 Å². The van der Waals surface area contributed by atoms with Gasteiger partial charge in [0.2, 0.25) is 0 Å². The Hall–Kier alpha value is -1.81. The van der Waals surface area contributed by atoms with Crippen LogP contribution in [0.4, 0.5) is 0 Å². The van der Waals surface area contributed by atoms with Crippen LogP contribution in [0.15, 0.2) is 28.8 Å². The molecular formula is C14H18N2O2. The zero-order chi connectivity index (χ0) is 13.1. The number of hydrogen-bond acceptors (Lipinski definition) is 4. The summed E-state index contributed by atoms with van der Waals surface area (Å²) >= 11 is 0. The molecule has 0 aliphatic rings. The highest BCUT2D eigenvalue weighted by molar-refractivity contribution is 5.37. The molecule has 2 N–H and O–H groups in total. The van der Waals surface area contributed by atoms with Crippen LogP contribution in [0, 0.1) is 13.8 Å². The Bertz CT molecular complexity index is 532. The van der Waals surface area contributed by atoms with Crippen molar-refractivity contribution in [3.8, 4) is 5.75 Å². The fraction of sp³-hybridized carbons (Fsp3) is 0.357. The third-order valence-corrected chi connectivity index (χ3v) is 2.78. The standard InChI is InChI=1S/C14H18N2O2/c1-9-6-12(11(3)15)4-5-14(9)17-8-13-7-10(2)18-16-13/h4-7,11H,8,15H2,1-3H3/t11-/m0/s1. The summed E-state index contributed by atoms with van der Waals surface area (Å²) in [4.78, 5) is 0. The van der Waals surface area contributed by atoms with E-state index in [1.807, 2.05) is 45.0 Å². The van der Waals surface area contributed by atoms with Gasteiger partial charge < -0.3 is 15.0 Å². The van der Waals surface area contributed by atoms with Gasteiger partial charge in [-0.1, -0.05) is 17.3 Å². The molecule has 2 rings (SSSR count). The van der Waals surface area contributed by atoms with Crippen molar-refractivity contribution in [2.75, 3.05) is 0 Å². The maximum atomic E-state index is 5.84. The highest BCUT2D eigenvalue weighted by atomic mass is 16.5. The smallest absolute Gasteiger partial charge is 0.134 e. The lowest BCUT2D eigenvalue weighted by Gasteiger charge is -2.11. The molecule has 1 atom stereocenters. The molecule has 0 aliphatic heterocycles. The number of aromatic nitrogens is 1. The maximum Gasteiger partial charge on any atom is 0.134 e. The lowest BCUT2D eigenvalue weighted by molar-refractivity contribution is 0.286. The number of hydrogen-bond donors (Lipinski definition) is 1. The van der Waals surface area contributed by atoms with Crippen LogP contribution in [-0.2, 0) is 6.61 Å². The van der Waals surface area contributed by atoms with E-state index in [0.29, 0.717) is 6.61 Å². The van der Waals surface area contributed by atoms with Gasteiger partial charge in [0.25, 0.3) is 0 Å². The van der Waals surface area contributed by atoms with Crippen molar-refractivity contribution in [2.24, 2.45) is 5.73 Å². The van der Waals surface area contributed by atoms with Gasteiger partial charge in [-0.3, -0.25) is 0 Å². The maximum absolute atomic E-state index is 5.84. The van der Waals surface area contributed by atoms with Crippen molar-refractivity contribution in [1.29, 1.82) is 0 Å². The molecule has 0 fully saturated rings. The van der Waals surface area contributed by atoms with E-state index in [-0.39, 0.29) is 6.04 Å². The fourth-order valence-electron chi connectivity index (χ4n) is 1.76. The highest BCUT2D eigenvalue weighted by Crippen LogP contribution is 2.22. The predicted molar refractivity (Wildman–Crippen MR) is 69.4 cm³/mol. The van der Waals surface area contributed by atoms with Crippen LogP contribution in [0.2, 0.25) is 0 Å². The normalized spacial score (nSPS) is 12.4. The molecule has 0 saturated heterocycles. The Morgan fingerprint density at radius 3 is 2.67 bits per heavy atom. The fourth-order valence-corrected chi connectivity index (χ4v) is 1.76. The molecule has 4 heteroatoms. The number of aryl methyl sites for hydroxylation is 2. The van der Waals surface area contributed by atoms with Gasteiger partial charge in [0.1, 0.15) is 23.8 Å². The molecule has 0 spiro atoms. The summed E-state index contributed by atoms with van der Waals surface area (Å²) in [6.07, 6.45) is 0. The van der Waals surface area contributed by atoms with Crippen molar-refractivity contribution < 1.29 is 9.26 Å². The van der Waals surface area contributed by atoms with E-state index < -0.39 is 0 Å². The summed E-state index contributed by atoms with van der Waals surface area (Å²) in [5.41, 5.74) is 8.81. The van der Waals surface area contributed by atoms with Crippen LogP contribution in [0.3, 0.4) is 0 Å². The third-order valence-electron chi connectivity index (χ3n) is 2.78. The van der Waals surface area contributed by atoms with Gasteiger partial charge in [-0.15, -0.1) is 0 Å². The summed E-state index contributed by atoms with van der Waals surface area (Å²) in [6, 6.07) is 7.89. The molecule has 2 aromatic rings. The first kappa shape index (κ1) is 12.6. The van der Waals surface area contributed by atoms with Crippen molar-refractivity contribution in [2.45, 2.75) is 33.4 Å². The second-order valence-corrected chi connectivity index (χ2v) is 4.53. The summed E-state index contributed by atoms with van der Waals surface area (Å²) in [5, 5.41) is 3.89. The van der Waals surface area contributed by atoms with Crippen LogP contribution in [-0.4, -0.2) is 5.16 Å². The molecule has 0 amide bonds.